The minimum atomic E-state index is 0.741. The van der Waals surface area contributed by atoms with Gasteiger partial charge in [0.25, 0.3) is 0 Å². The van der Waals surface area contributed by atoms with Gasteiger partial charge < -0.3 is 5.32 Å². The smallest absolute Gasteiger partial charge is 0.0242 e. The average molecular weight is 282 g/mol. The van der Waals surface area contributed by atoms with E-state index in [1.54, 1.807) is 0 Å². The molecule has 1 aliphatic heterocycles. The lowest BCUT2D eigenvalue weighted by Gasteiger charge is -2.34. The molecule has 2 nitrogen and oxygen atoms in total. The number of rotatable bonds is 5. The highest BCUT2D eigenvalue weighted by Gasteiger charge is 2.20. The number of nitrogens with one attached hydrogen (secondary N) is 1. The van der Waals surface area contributed by atoms with Crippen molar-refractivity contribution < 1.29 is 0 Å². The van der Waals surface area contributed by atoms with E-state index in [1.165, 1.54) is 55.2 Å². The predicted molar refractivity (Wildman–Crippen MR) is 90.5 cm³/mol. The summed E-state index contributed by atoms with van der Waals surface area (Å²) in [5.74, 6) is 0. The molecule has 0 radical (unpaired) electrons. The normalized spacial score (nSPS) is 16.7. The van der Waals surface area contributed by atoms with Gasteiger partial charge in [-0.3, -0.25) is 4.90 Å². The van der Waals surface area contributed by atoms with E-state index in [4.69, 9.17) is 0 Å². The van der Waals surface area contributed by atoms with E-state index in [9.17, 15) is 0 Å². The summed E-state index contributed by atoms with van der Waals surface area (Å²) in [4.78, 5) is 2.70. The predicted octanol–water partition coefficient (Wildman–Crippen LogP) is 3.80. The maximum absolute atomic E-state index is 3.48. The minimum Gasteiger partial charge on any atom is -0.317 e. The van der Waals surface area contributed by atoms with E-state index in [0.717, 1.165) is 12.6 Å². The van der Waals surface area contributed by atoms with Crippen LogP contribution in [0.3, 0.4) is 0 Å². The lowest BCUT2D eigenvalue weighted by atomic mass is 10.0. The van der Waals surface area contributed by atoms with Crippen molar-refractivity contribution >= 4 is 10.8 Å². The Morgan fingerprint density at radius 3 is 2.62 bits per heavy atom. The second kappa shape index (κ2) is 7.06. The molecular formula is C19H26N2. The molecule has 112 valence electrons. The van der Waals surface area contributed by atoms with E-state index in [-0.39, 0.29) is 0 Å². The Kier molecular flexibility index (Phi) is 4.89. The first kappa shape index (κ1) is 14.6. The fourth-order valence-corrected chi connectivity index (χ4v) is 3.50. The van der Waals surface area contributed by atoms with Gasteiger partial charge >= 0.3 is 0 Å². The van der Waals surface area contributed by atoms with E-state index in [0.29, 0.717) is 0 Å². The molecular weight excluding hydrogens is 256 g/mol. The molecule has 2 heteroatoms. The van der Waals surface area contributed by atoms with Crippen molar-refractivity contribution in [2.24, 2.45) is 0 Å². The fourth-order valence-electron chi connectivity index (χ4n) is 3.50. The van der Waals surface area contributed by atoms with Gasteiger partial charge in [0.15, 0.2) is 0 Å². The molecule has 0 aliphatic carbocycles. The summed E-state index contributed by atoms with van der Waals surface area (Å²) in [7, 11) is 0. The summed E-state index contributed by atoms with van der Waals surface area (Å²) in [6.45, 7) is 6.91. The molecule has 0 unspecified atom stereocenters. The van der Waals surface area contributed by atoms with E-state index in [2.05, 4.69) is 59.6 Å². The number of benzene rings is 2. The van der Waals surface area contributed by atoms with Crippen LogP contribution in [0.2, 0.25) is 0 Å². The van der Waals surface area contributed by atoms with Gasteiger partial charge in [-0.25, -0.2) is 0 Å². The van der Waals surface area contributed by atoms with Crippen LogP contribution in [0.1, 0.15) is 31.7 Å². The van der Waals surface area contributed by atoms with E-state index < -0.39 is 0 Å². The van der Waals surface area contributed by atoms with Crippen LogP contribution in [0.5, 0.6) is 0 Å². The molecule has 0 atom stereocenters. The minimum absolute atomic E-state index is 0.741. The summed E-state index contributed by atoms with van der Waals surface area (Å²) in [5, 5.41) is 6.25. The molecule has 1 fully saturated rings. The van der Waals surface area contributed by atoms with Crippen LogP contribution >= 0.6 is 0 Å². The largest absolute Gasteiger partial charge is 0.317 e. The molecule has 2 aromatic carbocycles. The van der Waals surface area contributed by atoms with Crippen LogP contribution in [-0.2, 0) is 6.54 Å². The van der Waals surface area contributed by atoms with Crippen LogP contribution in [0.15, 0.2) is 42.5 Å². The SMILES string of the molecule is CCCN(Cc1cccc2ccccc12)C1CCNCC1. The van der Waals surface area contributed by atoms with Crippen molar-refractivity contribution in [2.75, 3.05) is 19.6 Å². The summed E-state index contributed by atoms with van der Waals surface area (Å²) < 4.78 is 0. The topological polar surface area (TPSA) is 15.3 Å². The van der Waals surface area contributed by atoms with Crippen LogP contribution < -0.4 is 5.32 Å². The second-order valence-corrected chi connectivity index (χ2v) is 6.09. The molecule has 2 aromatic rings. The first-order valence-electron chi connectivity index (χ1n) is 8.30. The monoisotopic (exact) mass is 282 g/mol. The molecule has 0 amide bonds. The van der Waals surface area contributed by atoms with Gasteiger partial charge in [0.2, 0.25) is 0 Å². The molecule has 0 bridgehead atoms. The molecule has 21 heavy (non-hydrogen) atoms. The Balaban J connectivity index is 1.83. The molecule has 0 aromatic heterocycles. The molecule has 0 spiro atoms. The zero-order chi connectivity index (χ0) is 14.5. The zero-order valence-electron chi connectivity index (χ0n) is 13.0. The highest BCUT2D eigenvalue weighted by molar-refractivity contribution is 5.85. The van der Waals surface area contributed by atoms with Gasteiger partial charge in [0.05, 0.1) is 0 Å². The molecule has 1 heterocycles. The Hall–Kier alpha value is -1.38. The quantitative estimate of drug-likeness (QED) is 0.897. The van der Waals surface area contributed by atoms with Crippen LogP contribution in [0, 0.1) is 0 Å². The maximum atomic E-state index is 3.48. The zero-order valence-corrected chi connectivity index (χ0v) is 13.0. The molecule has 1 N–H and O–H groups in total. The lowest BCUT2D eigenvalue weighted by molar-refractivity contribution is 0.154. The van der Waals surface area contributed by atoms with Gasteiger partial charge in [-0.1, -0.05) is 49.4 Å². The molecule has 0 saturated carbocycles. The Morgan fingerprint density at radius 2 is 1.81 bits per heavy atom. The van der Waals surface area contributed by atoms with Crippen molar-refractivity contribution in [3.63, 3.8) is 0 Å². The van der Waals surface area contributed by atoms with Gasteiger partial charge in [0.1, 0.15) is 0 Å². The third-order valence-corrected chi connectivity index (χ3v) is 4.59. The second-order valence-electron chi connectivity index (χ2n) is 6.09. The first-order chi connectivity index (χ1) is 10.4. The Bertz CT molecular complexity index is 567. The third-order valence-electron chi connectivity index (χ3n) is 4.59. The van der Waals surface area contributed by atoms with Gasteiger partial charge in [0, 0.05) is 12.6 Å². The van der Waals surface area contributed by atoms with E-state index >= 15 is 0 Å². The van der Waals surface area contributed by atoms with E-state index in [1.807, 2.05) is 0 Å². The van der Waals surface area contributed by atoms with Crippen LogP contribution in [0.25, 0.3) is 10.8 Å². The summed E-state index contributed by atoms with van der Waals surface area (Å²) in [6.07, 6.45) is 3.80. The average Bonchev–Trinajstić information content (AvgIpc) is 2.55. The van der Waals surface area contributed by atoms with Gasteiger partial charge in [-0.05, 0) is 55.2 Å². The Labute approximate surface area is 128 Å². The number of hydrogen-bond donors (Lipinski definition) is 1. The van der Waals surface area contributed by atoms with Crippen molar-refractivity contribution in [2.45, 2.75) is 38.8 Å². The number of nitrogens with zero attached hydrogens (tertiary/aromatic N) is 1. The Morgan fingerprint density at radius 1 is 1.05 bits per heavy atom. The van der Waals surface area contributed by atoms with Gasteiger partial charge in [-0.2, -0.15) is 0 Å². The van der Waals surface area contributed by atoms with Gasteiger partial charge in [-0.15, -0.1) is 0 Å². The standard InChI is InChI=1S/C19H26N2/c1-2-14-21(18-10-12-20-13-11-18)15-17-8-5-7-16-6-3-4-9-19(16)17/h3-9,18,20H,2,10-15H2,1H3. The van der Waals surface area contributed by atoms with Crippen LogP contribution in [-0.4, -0.2) is 30.6 Å². The molecule has 3 rings (SSSR count). The fraction of sp³-hybridized carbons (Fsp3) is 0.474. The van der Waals surface area contributed by atoms with Crippen molar-refractivity contribution in [3.05, 3.63) is 48.0 Å². The van der Waals surface area contributed by atoms with Crippen LogP contribution in [0.4, 0.5) is 0 Å². The van der Waals surface area contributed by atoms with Crippen molar-refractivity contribution in [3.8, 4) is 0 Å². The summed E-state index contributed by atoms with van der Waals surface area (Å²) >= 11 is 0. The van der Waals surface area contributed by atoms with Crippen molar-refractivity contribution in [1.82, 2.24) is 10.2 Å². The van der Waals surface area contributed by atoms with Crippen molar-refractivity contribution in [1.29, 1.82) is 0 Å². The number of piperidine rings is 1. The maximum Gasteiger partial charge on any atom is 0.0242 e. The first-order valence-corrected chi connectivity index (χ1v) is 8.30. The third kappa shape index (κ3) is 3.45. The highest BCUT2D eigenvalue weighted by atomic mass is 15.2. The number of fused-ring (bicyclic) bond motifs is 1. The molecule has 1 saturated heterocycles. The molecule has 1 aliphatic rings. The highest BCUT2D eigenvalue weighted by Crippen LogP contribution is 2.22. The summed E-state index contributed by atoms with van der Waals surface area (Å²) in [5.41, 5.74) is 1.47. The summed E-state index contributed by atoms with van der Waals surface area (Å²) in [6, 6.07) is 16.2. The lowest BCUT2D eigenvalue weighted by Crippen LogP contribution is -2.43. The number of hydrogen-bond acceptors (Lipinski definition) is 2.